The van der Waals surface area contributed by atoms with E-state index >= 15 is 0 Å². The number of aryl methyl sites for hydroxylation is 2. The second kappa shape index (κ2) is 13.9. The number of alkyl halides is 3. The summed E-state index contributed by atoms with van der Waals surface area (Å²) in [5, 5.41) is 4.14. The Balaban J connectivity index is 0.000000348. The minimum Gasteiger partial charge on any atom is -0.333 e. The van der Waals surface area contributed by atoms with E-state index in [0.717, 1.165) is 16.8 Å². The number of nitrogens with zero attached hydrogens (tertiary/aromatic N) is 4. The summed E-state index contributed by atoms with van der Waals surface area (Å²) in [6.45, 7) is 12.2. The SMILES string of the molecule is C=CCN(CC=C)C(=O)C(Cl)Cl.Cc1cccc(C)c1N(Cn1cccn1)C(=O)CCl. The summed E-state index contributed by atoms with van der Waals surface area (Å²) in [6.07, 6.45) is 6.73. The zero-order valence-corrected chi connectivity index (χ0v) is 19.9. The molecule has 1 aromatic carbocycles. The van der Waals surface area contributed by atoms with E-state index in [0.29, 0.717) is 19.8 Å². The van der Waals surface area contributed by atoms with Crippen molar-refractivity contribution in [3.8, 4) is 0 Å². The number of hydrogen-bond donors (Lipinski definition) is 0. The maximum atomic E-state index is 12.1. The second-order valence-electron chi connectivity index (χ2n) is 6.50. The molecule has 168 valence electrons. The van der Waals surface area contributed by atoms with E-state index in [-0.39, 0.29) is 17.7 Å². The van der Waals surface area contributed by atoms with Gasteiger partial charge in [0, 0.05) is 25.5 Å². The molecular weight excluding hydrogens is 459 g/mol. The maximum absolute atomic E-state index is 12.1. The molecule has 0 unspecified atom stereocenters. The van der Waals surface area contributed by atoms with E-state index in [1.807, 2.05) is 44.3 Å². The van der Waals surface area contributed by atoms with Gasteiger partial charge >= 0.3 is 0 Å². The zero-order valence-electron chi connectivity index (χ0n) is 17.7. The summed E-state index contributed by atoms with van der Waals surface area (Å²) in [7, 11) is 0. The molecule has 0 aliphatic heterocycles. The summed E-state index contributed by atoms with van der Waals surface area (Å²) in [6, 6.07) is 7.78. The van der Waals surface area contributed by atoms with Crippen molar-refractivity contribution in [3.63, 3.8) is 0 Å². The van der Waals surface area contributed by atoms with Crippen LogP contribution in [0.1, 0.15) is 11.1 Å². The number of amides is 2. The van der Waals surface area contributed by atoms with E-state index in [1.54, 1.807) is 27.9 Å². The zero-order chi connectivity index (χ0) is 23.4. The maximum Gasteiger partial charge on any atom is 0.256 e. The Kier molecular flexibility index (Phi) is 12.0. The lowest BCUT2D eigenvalue weighted by molar-refractivity contribution is -0.128. The fraction of sp³-hybridized carbons (Fsp3) is 0.318. The summed E-state index contributed by atoms with van der Waals surface area (Å²) in [4.78, 5) is 25.4. The molecule has 0 aliphatic carbocycles. The van der Waals surface area contributed by atoms with Crippen molar-refractivity contribution in [1.82, 2.24) is 14.7 Å². The minimum absolute atomic E-state index is 0.0466. The highest BCUT2D eigenvalue weighted by molar-refractivity contribution is 6.53. The number of hydrogen-bond acceptors (Lipinski definition) is 3. The van der Waals surface area contributed by atoms with Crippen LogP contribution in [-0.2, 0) is 16.3 Å². The molecule has 31 heavy (non-hydrogen) atoms. The van der Waals surface area contributed by atoms with Gasteiger partial charge in [0.25, 0.3) is 5.91 Å². The van der Waals surface area contributed by atoms with Gasteiger partial charge in [-0.1, -0.05) is 53.6 Å². The normalized spacial score (nSPS) is 10.1. The van der Waals surface area contributed by atoms with Crippen LogP contribution >= 0.6 is 34.8 Å². The van der Waals surface area contributed by atoms with Crippen molar-refractivity contribution in [2.24, 2.45) is 0 Å². The molecule has 9 heteroatoms. The fourth-order valence-electron chi connectivity index (χ4n) is 2.81. The number of para-hydroxylation sites is 1. The quantitative estimate of drug-likeness (QED) is 0.381. The predicted octanol–water partition coefficient (Wildman–Crippen LogP) is 4.72. The van der Waals surface area contributed by atoms with Crippen molar-refractivity contribution in [1.29, 1.82) is 0 Å². The monoisotopic (exact) mass is 484 g/mol. The lowest BCUT2D eigenvalue weighted by Gasteiger charge is -2.25. The van der Waals surface area contributed by atoms with Gasteiger partial charge in [-0.2, -0.15) is 5.10 Å². The van der Waals surface area contributed by atoms with E-state index in [1.165, 1.54) is 4.90 Å². The Bertz CT molecular complexity index is 839. The number of halogens is 3. The Morgan fingerprint density at radius 1 is 1.13 bits per heavy atom. The fourth-order valence-corrected chi connectivity index (χ4v) is 3.23. The van der Waals surface area contributed by atoms with Crippen LogP contribution in [0.5, 0.6) is 0 Å². The van der Waals surface area contributed by atoms with E-state index < -0.39 is 4.84 Å². The van der Waals surface area contributed by atoms with Crippen molar-refractivity contribution in [3.05, 3.63) is 73.1 Å². The van der Waals surface area contributed by atoms with Crippen LogP contribution in [0.25, 0.3) is 0 Å². The lowest BCUT2D eigenvalue weighted by atomic mass is 10.1. The molecule has 0 saturated heterocycles. The third kappa shape index (κ3) is 8.40. The van der Waals surface area contributed by atoms with Gasteiger partial charge in [0.2, 0.25) is 5.91 Å². The summed E-state index contributed by atoms with van der Waals surface area (Å²) >= 11 is 16.5. The molecule has 1 aromatic heterocycles. The second-order valence-corrected chi connectivity index (χ2v) is 7.87. The highest BCUT2D eigenvalue weighted by Crippen LogP contribution is 2.25. The van der Waals surface area contributed by atoms with E-state index in [4.69, 9.17) is 34.8 Å². The highest BCUT2D eigenvalue weighted by Gasteiger charge is 2.19. The highest BCUT2D eigenvalue weighted by atomic mass is 35.5. The molecule has 2 aromatic rings. The van der Waals surface area contributed by atoms with Gasteiger partial charge in [-0.3, -0.25) is 19.2 Å². The van der Waals surface area contributed by atoms with Gasteiger partial charge in [-0.15, -0.1) is 24.8 Å². The van der Waals surface area contributed by atoms with E-state index in [9.17, 15) is 9.59 Å². The van der Waals surface area contributed by atoms with Crippen LogP contribution in [0.15, 0.2) is 62.0 Å². The molecular formula is C22H27Cl3N4O2. The molecule has 0 N–H and O–H groups in total. The van der Waals surface area contributed by atoms with Crippen LogP contribution in [0.2, 0.25) is 0 Å². The number of anilines is 1. The van der Waals surface area contributed by atoms with Crippen molar-refractivity contribution in [2.75, 3.05) is 23.9 Å². The number of aromatic nitrogens is 2. The van der Waals surface area contributed by atoms with Gasteiger partial charge in [-0.05, 0) is 31.0 Å². The summed E-state index contributed by atoms with van der Waals surface area (Å²) < 4.78 is 1.70. The van der Waals surface area contributed by atoms with Crippen LogP contribution in [0, 0.1) is 13.8 Å². The Labute approximate surface area is 198 Å². The molecule has 0 radical (unpaired) electrons. The number of rotatable bonds is 9. The first-order valence-electron chi connectivity index (χ1n) is 9.45. The molecule has 0 saturated carbocycles. The van der Waals surface area contributed by atoms with Crippen LogP contribution in [0.4, 0.5) is 5.69 Å². The van der Waals surface area contributed by atoms with Crippen LogP contribution < -0.4 is 4.90 Å². The number of carbonyl (C=O) groups is 2. The molecule has 6 nitrogen and oxygen atoms in total. The molecule has 0 fully saturated rings. The number of carbonyl (C=O) groups excluding carboxylic acids is 2. The molecule has 0 aliphatic rings. The van der Waals surface area contributed by atoms with Crippen LogP contribution in [0.3, 0.4) is 0 Å². The molecule has 1 heterocycles. The van der Waals surface area contributed by atoms with Crippen LogP contribution in [-0.4, -0.2) is 50.3 Å². The Hall–Kier alpha value is -2.28. The lowest BCUT2D eigenvalue weighted by Crippen LogP contribution is -2.35. The third-order valence-corrected chi connectivity index (χ3v) is 4.77. The smallest absolute Gasteiger partial charge is 0.256 e. The van der Waals surface area contributed by atoms with Crippen molar-refractivity contribution in [2.45, 2.75) is 25.4 Å². The predicted molar refractivity (Wildman–Crippen MR) is 129 cm³/mol. The van der Waals surface area contributed by atoms with E-state index in [2.05, 4.69) is 18.3 Å². The third-order valence-electron chi connectivity index (χ3n) is 4.17. The Morgan fingerprint density at radius 3 is 2.13 bits per heavy atom. The van der Waals surface area contributed by atoms with Gasteiger partial charge < -0.3 is 4.90 Å². The molecule has 0 spiro atoms. The van der Waals surface area contributed by atoms with Gasteiger partial charge in [-0.25, -0.2) is 0 Å². The van der Waals surface area contributed by atoms with Crippen molar-refractivity contribution < 1.29 is 9.59 Å². The Morgan fingerprint density at radius 2 is 1.71 bits per heavy atom. The average Bonchev–Trinajstić information content (AvgIpc) is 3.25. The molecule has 0 atom stereocenters. The standard InChI is InChI=1S/C14H16ClN3O.C8H11Cl2NO/c1-11-5-3-6-12(2)14(11)18(13(19)9-15)10-17-8-4-7-16-17;1-3-5-11(6-4-2)8(12)7(9)10/h3-8H,9-10H2,1-2H3;3-4,7H,1-2,5-6H2. The first-order chi connectivity index (χ1) is 14.8. The van der Waals surface area contributed by atoms with Gasteiger partial charge in [0.05, 0.1) is 5.69 Å². The first kappa shape index (κ1) is 26.8. The molecule has 0 bridgehead atoms. The minimum atomic E-state index is -1.01. The average molecular weight is 486 g/mol. The summed E-state index contributed by atoms with van der Waals surface area (Å²) in [5.41, 5.74) is 3.00. The first-order valence-corrected chi connectivity index (χ1v) is 10.9. The number of benzene rings is 1. The molecule has 2 amide bonds. The van der Waals surface area contributed by atoms with Crippen molar-refractivity contribution >= 4 is 52.3 Å². The van der Waals surface area contributed by atoms with Gasteiger partial charge in [0.15, 0.2) is 4.84 Å². The topological polar surface area (TPSA) is 58.4 Å². The summed E-state index contributed by atoms with van der Waals surface area (Å²) in [5.74, 6) is -0.498. The largest absolute Gasteiger partial charge is 0.333 e. The van der Waals surface area contributed by atoms with Gasteiger partial charge in [0.1, 0.15) is 12.5 Å². The molecule has 2 rings (SSSR count).